The smallest absolute Gasteiger partial charge is 0.391 e. The number of hydrogen-bond acceptors (Lipinski definition) is 1. The van der Waals surface area contributed by atoms with E-state index in [2.05, 4.69) is 56.3 Å². The third kappa shape index (κ3) is 5.79. The Morgan fingerprint density at radius 1 is 0.848 bits per heavy atom. The number of alkyl halides is 3. The van der Waals surface area contributed by atoms with Gasteiger partial charge in [0.15, 0.2) is 0 Å². The molecule has 0 atom stereocenters. The van der Waals surface area contributed by atoms with Gasteiger partial charge in [-0.05, 0) is 65.8 Å². The van der Waals surface area contributed by atoms with Gasteiger partial charge in [0.25, 0.3) is 0 Å². The van der Waals surface area contributed by atoms with Crippen LogP contribution in [0.2, 0.25) is 0 Å². The molecule has 1 aliphatic carbocycles. The largest absolute Gasteiger partial charge is 0.488 e. The van der Waals surface area contributed by atoms with Crippen LogP contribution in [0.25, 0.3) is 11.1 Å². The van der Waals surface area contributed by atoms with Crippen LogP contribution in [0, 0.1) is 5.92 Å². The fourth-order valence-electron chi connectivity index (χ4n) is 4.70. The summed E-state index contributed by atoms with van der Waals surface area (Å²) >= 11 is 0. The van der Waals surface area contributed by atoms with Crippen LogP contribution in [0.4, 0.5) is 13.2 Å². The van der Waals surface area contributed by atoms with Gasteiger partial charge in [-0.1, -0.05) is 80.6 Å². The summed E-state index contributed by atoms with van der Waals surface area (Å²) in [6.45, 7) is 4.82. The van der Waals surface area contributed by atoms with Gasteiger partial charge in [-0.15, -0.1) is 0 Å². The Balaban J connectivity index is 1.40. The molecule has 0 saturated heterocycles. The van der Waals surface area contributed by atoms with Crippen molar-refractivity contribution in [3.8, 4) is 16.9 Å². The molecular formula is C29H31F3O. The van der Waals surface area contributed by atoms with Crippen molar-refractivity contribution in [2.75, 3.05) is 0 Å². The molecule has 0 amide bonds. The molecule has 3 aromatic rings. The molecule has 0 radical (unpaired) electrons. The second-order valence-electron chi connectivity index (χ2n) is 9.40. The Morgan fingerprint density at radius 2 is 1.55 bits per heavy atom. The third-order valence-corrected chi connectivity index (χ3v) is 6.79. The predicted octanol–water partition coefficient (Wildman–Crippen LogP) is 8.89. The Hall–Kier alpha value is -2.75. The van der Waals surface area contributed by atoms with Crippen LogP contribution in [0.3, 0.4) is 0 Å². The lowest BCUT2D eigenvalue weighted by Crippen LogP contribution is -2.27. The summed E-state index contributed by atoms with van der Waals surface area (Å²) in [6, 6.07) is 24.8. The van der Waals surface area contributed by atoms with Crippen molar-refractivity contribution in [1.29, 1.82) is 0 Å². The second kappa shape index (κ2) is 10.0. The maximum atomic E-state index is 12.9. The minimum Gasteiger partial charge on any atom is -0.488 e. The van der Waals surface area contributed by atoms with E-state index in [1.807, 2.05) is 30.3 Å². The van der Waals surface area contributed by atoms with E-state index in [0.717, 1.165) is 28.0 Å². The molecule has 0 aliphatic heterocycles. The highest BCUT2D eigenvalue weighted by atomic mass is 19.4. The van der Waals surface area contributed by atoms with Gasteiger partial charge in [0.2, 0.25) is 0 Å². The number of benzene rings is 3. The van der Waals surface area contributed by atoms with E-state index in [-0.39, 0.29) is 18.8 Å². The van der Waals surface area contributed by atoms with E-state index >= 15 is 0 Å². The fraction of sp³-hybridized carbons (Fsp3) is 0.379. The summed E-state index contributed by atoms with van der Waals surface area (Å²) in [5.41, 5.74) is 5.68. The maximum Gasteiger partial charge on any atom is 0.391 e. The Kier molecular flexibility index (Phi) is 7.11. The van der Waals surface area contributed by atoms with Gasteiger partial charge < -0.3 is 4.74 Å². The van der Waals surface area contributed by atoms with Gasteiger partial charge in [0.05, 0.1) is 5.92 Å². The van der Waals surface area contributed by atoms with Crippen molar-refractivity contribution in [2.45, 2.75) is 64.1 Å². The average Bonchev–Trinajstić information content (AvgIpc) is 2.83. The molecule has 1 fully saturated rings. The van der Waals surface area contributed by atoms with Crippen LogP contribution < -0.4 is 4.74 Å². The summed E-state index contributed by atoms with van der Waals surface area (Å²) in [7, 11) is 0. The Labute approximate surface area is 194 Å². The monoisotopic (exact) mass is 452 g/mol. The van der Waals surface area contributed by atoms with Crippen molar-refractivity contribution >= 4 is 0 Å². The molecule has 3 aromatic carbocycles. The quantitative estimate of drug-likeness (QED) is 0.363. The van der Waals surface area contributed by atoms with E-state index in [0.29, 0.717) is 25.4 Å². The first-order chi connectivity index (χ1) is 15.8. The van der Waals surface area contributed by atoms with Crippen molar-refractivity contribution in [2.24, 2.45) is 5.92 Å². The zero-order chi connectivity index (χ0) is 23.4. The highest BCUT2D eigenvalue weighted by molar-refractivity contribution is 5.71. The summed E-state index contributed by atoms with van der Waals surface area (Å²) in [5.74, 6) is 0.378. The minimum absolute atomic E-state index is 0.215. The molecule has 0 bridgehead atoms. The zero-order valence-electron chi connectivity index (χ0n) is 19.2. The summed E-state index contributed by atoms with van der Waals surface area (Å²) in [4.78, 5) is 0. The molecule has 174 valence electrons. The van der Waals surface area contributed by atoms with E-state index < -0.39 is 12.1 Å². The van der Waals surface area contributed by atoms with Gasteiger partial charge in [-0.3, -0.25) is 0 Å². The van der Waals surface area contributed by atoms with Crippen molar-refractivity contribution in [1.82, 2.24) is 0 Å². The van der Waals surface area contributed by atoms with Gasteiger partial charge in [-0.25, -0.2) is 0 Å². The van der Waals surface area contributed by atoms with Crippen LogP contribution in [-0.4, -0.2) is 6.18 Å². The molecule has 33 heavy (non-hydrogen) atoms. The lowest BCUT2D eigenvalue weighted by molar-refractivity contribution is -0.182. The highest BCUT2D eigenvalue weighted by Gasteiger charge is 2.41. The number of para-hydroxylation sites is 1. The first-order valence-electron chi connectivity index (χ1n) is 11.8. The topological polar surface area (TPSA) is 9.23 Å². The van der Waals surface area contributed by atoms with Gasteiger partial charge in [0, 0.05) is 5.56 Å². The summed E-state index contributed by atoms with van der Waals surface area (Å²) in [6.07, 6.45) is -2.40. The van der Waals surface area contributed by atoms with E-state index in [1.165, 1.54) is 5.56 Å². The van der Waals surface area contributed by atoms with Crippen LogP contribution in [0.15, 0.2) is 72.8 Å². The van der Waals surface area contributed by atoms with Crippen LogP contribution >= 0.6 is 0 Å². The summed E-state index contributed by atoms with van der Waals surface area (Å²) in [5, 5.41) is 0. The number of halogens is 3. The van der Waals surface area contributed by atoms with Crippen molar-refractivity contribution in [3.05, 3.63) is 89.5 Å². The van der Waals surface area contributed by atoms with Crippen LogP contribution in [0.5, 0.6) is 5.75 Å². The molecule has 4 heteroatoms. The first kappa shape index (κ1) is 23.4. The Morgan fingerprint density at radius 3 is 2.21 bits per heavy atom. The third-order valence-electron chi connectivity index (χ3n) is 6.79. The molecule has 4 rings (SSSR count). The molecule has 0 N–H and O–H groups in total. The zero-order valence-corrected chi connectivity index (χ0v) is 19.2. The molecule has 0 unspecified atom stereocenters. The molecule has 0 heterocycles. The average molecular weight is 453 g/mol. The second-order valence-corrected chi connectivity index (χ2v) is 9.40. The number of ether oxygens (including phenoxy) is 1. The van der Waals surface area contributed by atoms with Crippen LogP contribution in [0.1, 0.15) is 68.1 Å². The molecule has 0 spiro atoms. The van der Waals surface area contributed by atoms with Gasteiger partial charge >= 0.3 is 6.18 Å². The summed E-state index contributed by atoms with van der Waals surface area (Å²) < 4.78 is 45.0. The maximum absolute atomic E-state index is 12.9. The SMILES string of the molecule is CC(C)c1cccc(-c2ccccc2OCc2ccc([C@H]3CC[C@H](C(F)(F)F)CC3)cc2)c1. The van der Waals surface area contributed by atoms with Gasteiger partial charge in [-0.2, -0.15) is 13.2 Å². The van der Waals surface area contributed by atoms with E-state index in [9.17, 15) is 13.2 Å². The molecule has 1 saturated carbocycles. The lowest BCUT2D eigenvalue weighted by atomic mass is 9.78. The predicted molar refractivity (Wildman–Crippen MR) is 127 cm³/mol. The minimum atomic E-state index is -4.06. The van der Waals surface area contributed by atoms with E-state index in [4.69, 9.17) is 4.74 Å². The molecular weight excluding hydrogens is 421 g/mol. The molecule has 1 nitrogen and oxygen atoms in total. The van der Waals surface area contributed by atoms with Crippen molar-refractivity contribution in [3.63, 3.8) is 0 Å². The number of rotatable bonds is 6. The lowest BCUT2D eigenvalue weighted by Gasteiger charge is -2.30. The number of hydrogen-bond donors (Lipinski definition) is 0. The molecule has 0 aromatic heterocycles. The normalized spacial score (nSPS) is 19.0. The highest BCUT2D eigenvalue weighted by Crippen LogP contribution is 2.43. The van der Waals surface area contributed by atoms with Gasteiger partial charge in [0.1, 0.15) is 12.4 Å². The first-order valence-corrected chi connectivity index (χ1v) is 11.8. The van der Waals surface area contributed by atoms with E-state index in [1.54, 1.807) is 0 Å². The fourth-order valence-corrected chi connectivity index (χ4v) is 4.70. The van der Waals surface area contributed by atoms with Crippen molar-refractivity contribution < 1.29 is 17.9 Å². The Bertz CT molecular complexity index is 1040. The standard InChI is InChI=1S/C29H31F3O/c1-20(2)24-6-5-7-25(18-24)27-8-3-4-9-28(27)33-19-21-10-12-22(13-11-21)23-14-16-26(17-15-23)29(30,31)32/h3-13,18,20,23,26H,14-17,19H2,1-2H3/t23-,26-. The molecule has 1 aliphatic rings. The van der Waals surface area contributed by atoms with Crippen LogP contribution in [-0.2, 0) is 6.61 Å².